The Morgan fingerprint density at radius 3 is 2.96 bits per heavy atom. The van der Waals surface area contributed by atoms with Crippen molar-refractivity contribution in [3.05, 3.63) is 60.0 Å². The van der Waals surface area contributed by atoms with E-state index >= 15 is 0 Å². The summed E-state index contributed by atoms with van der Waals surface area (Å²) < 4.78 is 2.87. The summed E-state index contributed by atoms with van der Waals surface area (Å²) in [4.78, 5) is 21.5. The van der Waals surface area contributed by atoms with Gasteiger partial charge in [-0.3, -0.25) is 14.7 Å². The lowest BCUT2D eigenvalue weighted by atomic mass is 10.1. The van der Waals surface area contributed by atoms with E-state index in [1.807, 2.05) is 0 Å². The van der Waals surface area contributed by atoms with E-state index in [1.54, 1.807) is 11.3 Å². The van der Waals surface area contributed by atoms with Crippen LogP contribution < -0.4 is 5.56 Å². The molecule has 0 fully saturated rings. The van der Waals surface area contributed by atoms with Gasteiger partial charge < -0.3 is 4.98 Å². The number of hydrogen-bond acceptors (Lipinski definition) is 4. The molecule has 4 rings (SSSR count). The molecule has 0 aliphatic carbocycles. The van der Waals surface area contributed by atoms with E-state index in [0.717, 1.165) is 30.8 Å². The molecule has 0 amide bonds. The van der Waals surface area contributed by atoms with E-state index in [4.69, 9.17) is 12.2 Å². The minimum atomic E-state index is -0.0659. The van der Waals surface area contributed by atoms with Crippen LogP contribution >= 0.6 is 39.5 Å². The summed E-state index contributed by atoms with van der Waals surface area (Å²) in [5.41, 5.74) is 1.72. The predicted octanol–water partition coefficient (Wildman–Crippen LogP) is 3.97. The molecular weight excluding hydrogens is 394 g/mol. The first-order chi connectivity index (χ1) is 11.1. The maximum atomic E-state index is 12.1. The number of H-pyrrole nitrogens is 2. The summed E-state index contributed by atoms with van der Waals surface area (Å²) in [7, 11) is 0. The van der Waals surface area contributed by atoms with Gasteiger partial charge in [0.2, 0.25) is 0 Å². The fraction of sp³-hybridized carbons (Fsp3) is 0.250. The number of rotatable bonds is 2. The Hall–Kier alpha value is -1.28. The van der Waals surface area contributed by atoms with Gasteiger partial charge in [-0.25, -0.2) is 0 Å². The molecule has 3 heterocycles. The van der Waals surface area contributed by atoms with E-state index in [0.29, 0.717) is 11.3 Å². The highest BCUT2D eigenvalue weighted by atomic mass is 79.9. The standard InChI is InChI=1S/C16H14BrN3OS2/c17-14-9-3-1-2-4-12(9)23-13(14)8-20-6-5-11-10(7-20)15(21)19-16(22)18-11/h1-4H,5-8H2,(H2,18,19,21,22). The van der Waals surface area contributed by atoms with Gasteiger partial charge in [0.1, 0.15) is 0 Å². The Bertz CT molecular complexity index is 1000. The number of hydrogen-bond donors (Lipinski definition) is 2. The zero-order valence-corrected chi connectivity index (χ0v) is 15.4. The molecule has 0 saturated heterocycles. The molecule has 0 bridgehead atoms. The first-order valence-corrected chi connectivity index (χ1v) is 9.36. The maximum Gasteiger partial charge on any atom is 0.256 e. The van der Waals surface area contributed by atoms with Gasteiger partial charge in [0.05, 0.1) is 5.56 Å². The molecule has 0 atom stereocenters. The average Bonchev–Trinajstić information content (AvgIpc) is 2.84. The van der Waals surface area contributed by atoms with Crippen molar-refractivity contribution in [2.24, 2.45) is 0 Å². The van der Waals surface area contributed by atoms with Crippen LogP contribution in [0.15, 0.2) is 33.5 Å². The number of aromatic nitrogens is 2. The Balaban J connectivity index is 1.64. The lowest BCUT2D eigenvalue weighted by Crippen LogP contribution is -2.35. The highest BCUT2D eigenvalue weighted by molar-refractivity contribution is 9.10. The monoisotopic (exact) mass is 407 g/mol. The number of halogens is 1. The van der Waals surface area contributed by atoms with Crippen molar-refractivity contribution in [3.63, 3.8) is 0 Å². The molecular formula is C16H14BrN3OS2. The van der Waals surface area contributed by atoms with Crippen LogP contribution in [0, 0.1) is 4.77 Å². The topological polar surface area (TPSA) is 51.9 Å². The number of thiophene rings is 1. The highest BCUT2D eigenvalue weighted by Crippen LogP contribution is 2.36. The van der Waals surface area contributed by atoms with E-state index < -0.39 is 0 Å². The van der Waals surface area contributed by atoms with Crippen LogP contribution in [0.1, 0.15) is 16.1 Å². The molecule has 0 saturated carbocycles. The summed E-state index contributed by atoms with van der Waals surface area (Å²) in [6, 6.07) is 8.40. The number of aromatic amines is 2. The van der Waals surface area contributed by atoms with E-state index in [-0.39, 0.29) is 5.56 Å². The van der Waals surface area contributed by atoms with Crippen molar-refractivity contribution in [3.8, 4) is 0 Å². The Labute approximate surface area is 150 Å². The second-order valence-corrected chi connectivity index (χ2v) is 8.00. The molecule has 4 nitrogen and oxygen atoms in total. The lowest BCUT2D eigenvalue weighted by Gasteiger charge is -2.27. The molecule has 2 aromatic heterocycles. The second-order valence-electron chi connectivity index (χ2n) is 5.66. The quantitative estimate of drug-likeness (QED) is 0.631. The third kappa shape index (κ3) is 2.82. The van der Waals surface area contributed by atoms with Crippen LogP contribution in [0.25, 0.3) is 10.1 Å². The number of benzene rings is 1. The van der Waals surface area contributed by atoms with Crippen molar-refractivity contribution in [2.75, 3.05) is 6.54 Å². The minimum absolute atomic E-state index is 0.0659. The van der Waals surface area contributed by atoms with Crippen molar-refractivity contribution < 1.29 is 0 Å². The summed E-state index contributed by atoms with van der Waals surface area (Å²) in [6.45, 7) is 2.41. The van der Waals surface area contributed by atoms with Crippen LogP contribution in [0.5, 0.6) is 0 Å². The van der Waals surface area contributed by atoms with E-state index in [1.165, 1.54) is 19.4 Å². The summed E-state index contributed by atoms with van der Waals surface area (Å²) in [5.74, 6) is 0. The van der Waals surface area contributed by atoms with Gasteiger partial charge in [-0.1, -0.05) is 18.2 Å². The lowest BCUT2D eigenvalue weighted by molar-refractivity contribution is 0.243. The molecule has 23 heavy (non-hydrogen) atoms. The van der Waals surface area contributed by atoms with Crippen LogP contribution in [0.4, 0.5) is 0 Å². The van der Waals surface area contributed by atoms with Gasteiger partial charge in [-0.2, -0.15) is 0 Å². The van der Waals surface area contributed by atoms with Crippen LogP contribution in [-0.2, 0) is 19.5 Å². The summed E-state index contributed by atoms with van der Waals surface area (Å²) in [5, 5.41) is 1.26. The highest BCUT2D eigenvalue weighted by Gasteiger charge is 2.21. The maximum absolute atomic E-state index is 12.1. The molecule has 0 spiro atoms. The molecule has 1 aliphatic rings. The van der Waals surface area contributed by atoms with Gasteiger partial charge in [0.15, 0.2) is 4.77 Å². The van der Waals surface area contributed by atoms with Gasteiger partial charge in [0.25, 0.3) is 5.56 Å². The molecule has 1 aliphatic heterocycles. The fourth-order valence-electron chi connectivity index (χ4n) is 3.02. The Morgan fingerprint density at radius 2 is 2.13 bits per heavy atom. The van der Waals surface area contributed by atoms with Gasteiger partial charge in [-0.15, -0.1) is 11.3 Å². The predicted molar refractivity (Wildman–Crippen MR) is 99.6 cm³/mol. The average molecular weight is 408 g/mol. The first kappa shape index (κ1) is 15.3. The normalized spacial score (nSPS) is 15.0. The molecule has 3 aromatic rings. The van der Waals surface area contributed by atoms with Crippen molar-refractivity contribution >= 4 is 49.6 Å². The molecule has 0 radical (unpaired) electrons. The summed E-state index contributed by atoms with van der Waals surface area (Å²) in [6.07, 6.45) is 0.825. The van der Waals surface area contributed by atoms with Crippen LogP contribution in [-0.4, -0.2) is 21.4 Å². The van der Waals surface area contributed by atoms with Crippen molar-refractivity contribution in [1.29, 1.82) is 0 Å². The third-order valence-corrected chi connectivity index (χ3v) is 6.69. The minimum Gasteiger partial charge on any atom is -0.335 e. The zero-order chi connectivity index (χ0) is 16.0. The molecule has 0 unspecified atom stereocenters. The number of fused-ring (bicyclic) bond motifs is 2. The van der Waals surface area contributed by atoms with Gasteiger partial charge in [0, 0.05) is 51.2 Å². The number of nitrogens with one attached hydrogen (secondary N) is 2. The number of nitrogens with zero attached hydrogens (tertiary/aromatic N) is 1. The van der Waals surface area contributed by atoms with Crippen LogP contribution in [0.3, 0.4) is 0 Å². The molecule has 2 N–H and O–H groups in total. The van der Waals surface area contributed by atoms with E-state index in [9.17, 15) is 4.79 Å². The molecule has 1 aromatic carbocycles. The third-order valence-electron chi connectivity index (χ3n) is 4.16. The van der Waals surface area contributed by atoms with Crippen LogP contribution in [0.2, 0.25) is 0 Å². The second kappa shape index (κ2) is 5.98. The largest absolute Gasteiger partial charge is 0.335 e. The zero-order valence-electron chi connectivity index (χ0n) is 12.2. The molecule has 118 valence electrons. The SMILES string of the molecule is O=c1[nH]c(=S)[nH]c2c1CN(Cc1sc3ccccc3c1Br)CC2. The molecule has 7 heteroatoms. The Kier molecular flexibility index (Phi) is 3.96. The summed E-state index contributed by atoms with van der Waals surface area (Å²) >= 11 is 10.6. The van der Waals surface area contributed by atoms with Gasteiger partial charge >= 0.3 is 0 Å². The van der Waals surface area contributed by atoms with Crippen molar-refractivity contribution in [2.45, 2.75) is 19.5 Å². The smallest absolute Gasteiger partial charge is 0.256 e. The first-order valence-electron chi connectivity index (χ1n) is 7.34. The fourth-order valence-corrected chi connectivity index (χ4v) is 5.22. The Morgan fingerprint density at radius 1 is 1.30 bits per heavy atom. The van der Waals surface area contributed by atoms with E-state index in [2.05, 4.69) is 55.1 Å². The van der Waals surface area contributed by atoms with Gasteiger partial charge in [-0.05, 0) is 34.2 Å². The van der Waals surface area contributed by atoms with Crippen molar-refractivity contribution in [1.82, 2.24) is 14.9 Å².